The lowest BCUT2D eigenvalue weighted by Gasteiger charge is -2.58. The van der Waals surface area contributed by atoms with Crippen LogP contribution in [-0.4, -0.2) is 11.1 Å². The minimum atomic E-state index is -0.363. The molecule has 1 saturated heterocycles. The number of piperidine rings is 1. The second-order valence-corrected chi connectivity index (χ2v) is 8.43. The molecule has 1 aliphatic heterocycles. The summed E-state index contributed by atoms with van der Waals surface area (Å²) < 4.78 is 0. The largest absolute Gasteiger partial charge is 0.297 e. The zero-order chi connectivity index (χ0) is 17.3. The van der Waals surface area contributed by atoms with Crippen LogP contribution in [0.3, 0.4) is 0 Å². The molecule has 0 amide bonds. The van der Waals surface area contributed by atoms with Crippen molar-refractivity contribution >= 4 is 0 Å². The number of hydrogen-bond donors (Lipinski definition) is 1. The van der Waals surface area contributed by atoms with Crippen LogP contribution in [0.5, 0.6) is 0 Å². The van der Waals surface area contributed by atoms with Crippen molar-refractivity contribution in [3.05, 3.63) is 35.9 Å². The van der Waals surface area contributed by atoms with E-state index < -0.39 is 0 Å². The SMILES string of the molecule is N#C[C@]12CCCC[C@H]1C[C@@H]1CCCC[C@]1(C#N)[NH+]2Cc1ccccc1. The second kappa shape index (κ2) is 6.47. The van der Waals surface area contributed by atoms with Gasteiger partial charge in [0.25, 0.3) is 0 Å². The van der Waals surface area contributed by atoms with Gasteiger partial charge in [-0.15, -0.1) is 0 Å². The Hall–Kier alpha value is -1.84. The Balaban J connectivity index is 1.81. The Morgan fingerprint density at radius 2 is 1.44 bits per heavy atom. The van der Waals surface area contributed by atoms with Crippen molar-refractivity contribution in [2.45, 2.75) is 75.4 Å². The number of rotatable bonds is 2. The predicted molar refractivity (Wildman–Crippen MR) is 96.3 cm³/mol. The zero-order valence-electron chi connectivity index (χ0n) is 15.0. The van der Waals surface area contributed by atoms with E-state index in [9.17, 15) is 10.5 Å². The maximum absolute atomic E-state index is 10.3. The first-order valence-corrected chi connectivity index (χ1v) is 9.98. The smallest absolute Gasteiger partial charge is 0.189 e. The summed E-state index contributed by atoms with van der Waals surface area (Å²) in [5.74, 6) is 0.934. The predicted octanol–water partition coefficient (Wildman–Crippen LogP) is 3.38. The molecule has 4 rings (SSSR count). The van der Waals surface area contributed by atoms with Crippen LogP contribution in [0, 0.1) is 34.5 Å². The first-order chi connectivity index (χ1) is 12.2. The van der Waals surface area contributed by atoms with Crippen LogP contribution in [0.4, 0.5) is 0 Å². The Labute approximate surface area is 151 Å². The van der Waals surface area contributed by atoms with E-state index in [1.54, 1.807) is 0 Å². The molecular weight excluding hydrogens is 306 g/mol. The molecule has 2 aliphatic carbocycles. The molecule has 0 unspecified atom stereocenters. The Morgan fingerprint density at radius 1 is 0.880 bits per heavy atom. The van der Waals surface area contributed by atoms with Crippen LogP contribution in [0.2, 0.25) is 0 Å². The quantitative estimate of drug-likeness (QED) is 0.901. The molecule has 3 fully saturated rings. The molecule has 4 atom stereocenters. The molecule has 130 valence electrons. The molecule has 1 N–H and O–H groups in total. The molecular formula is C22H28N3+. The number of nitrogens with zero attached hydrogens (tertiary/aromatic N) is 2. The fourth-order valence-electron chi connectivity index (χ4n) is 6.21. The van der Waals surface area contributed by atoms with Gasteiger partial charge in [0.15, 0.2) is 11.1 Å². The number of benzene rings is 1. The molecule has 3 aliphatic rings. The summed E-state index contributed by atoms with van der Waals surface area (Å²) in [6, 6.07) is 16.1. The monoisotopic (exact) mass is 334 g/mol. The van der Waals surface area contributed by atoms with Crippen LogP contribution < -0.4 is 4.90 Å². The van der Waals surface area contributed by atoms with Crippen molar-refractivity contribution in [2.75, 3.05) is 0 Å². The van der Waals surface area contributed by atoms with Crippen LogP contribution in [0.1, 0.15) is 63.4 Å². The molecule has 0 aromatic heterocycles. The maximum atomic E-state index is 10.3. The summed E-state index contributed by atoms with van der Waals surface area (Å²) in [6.45, 7) is 0.814. The maximum Gasteiger partial charge on any atom is 0.189 e. The summed E-state index contributed by atoms with van der Waals surface area (Å²) in [4.78, 5) is 1.29. The lowest BCUT2D eigenvalue weighted by Crippen LogP contribution is -3.28. The zero-order valence-corrected chi connectivity index (χ0v) is 15.0. The summed E-state index contributed by atoms with van der Waals surface area (Å²) in [6.07, 6.45) is 10.1. The van der Waals surface area contributed by atoms with Crippen molar-refractivity contribution < 1.29 is 4.90 Å². The van der Waals surface area contributed by atoms with Gasteiger partial charge in [-0.3, -0.25) is 4.90 Å². The van der Waals surface area contributed by atoms with Crippen molar-refractivity contribution in [3.8, 4) is 12.1 Å². The minimum Gasteiger partial charge on any atom is -0.297 e. The summed E-state index contributed by atoms with van der Waals surface area (Å²) >= 11 is 0. The van der Waals surface area contributed by atoms with E-state index in [1.165, 1.54) is 36.1 Å². The van der Waals surface area contributed by atoms with Gasteiger partial charge in [-0.25, -0.2) is 0 Å². The van der Waals surface area contributed by atoms with Crippen molar-refractivity contribution in [1.82, 2.24) is 0 Å². The van der Waals surface area contributed by atoms with Crippen molar-refractivity contribution in [1.29, 1.82) is 10.5 Å². The molecule has 1 aromatic rings. The topological polar surface area (TPSA) is 52.0 Å². The molecule has 0 spiro atoms. The van der Waals surface area contributed by atoms with Gasteiger partial charge in [-0.1, -0.05) is 43.2 Å². The van der Waals surface area contributed by atoms with Gasteiger partial charge in [0.05, 0.1) is 0 Å². The van der Waals surface area contributed by atoms with Crippen LogP contribution in [-0.2, 0) is 6.54 Å². The van der Waals surface area contributed by atoms with Crippen LogP contribution in [0.25, 0.3) is 0 Å². The average Bonchev–Trinajstić information content (AvgIpc) is 2.68. The summed E-state index contributed by atoms with van der Waals surface area (Å²) in [5, 5.41) is 20.7. The average molecular weight is 334 g/mol. The summed E-state index contributed by atoms with van der Waals surface area (Å²) in [7, 11) is 0. The molecule has 0 bridgehead atoms. The first-order valence-electron chi connectivity index (χ1n) is 9.98. The van der Waals surface area contributed by atoms with E-state index in [4.69, 9.17) is 0 Å². The lowest BCUT2D eigenvalue weighted by molar-refractivity contribution is -1.01. The third-order valence-corrected chi connectivity index (χ3v) is 7.41. The standard InChI is InChI=1S/C22H27N3/c23-16-21-12-6-4-10-19(21)14-20-11-5-7-13-22(20,17-24)25(21)15-18-8-2-1-3-9-18/h1-3,8-9,19-20H,4-7,10-15H2/p+1/t19-,20-,21+,22+/m0/s1. The number of fused-ring (bicyclic) bond motifs is 2. The van der Waals surface area contributed by atoms with Gasteiger partial charge in [-0.05, 0) is 32.1 Å². The second-order valence-electron chi connectivity index (χ2n) is 8.43. The van der Waals surface area contributed by atoms with Gasteiger partial charge < -0.3 is 0 Å². The van der Waals surface area contributed by atoms with Crippen LogP contribution in [0.15, 0.2) is 30.3 Å². The van der Waals surface area contributed by atoms with Crippen LogP contribution >= 0.6 is 0 Å². The Kier molecular flexibility index (Phi) is 4.30. The highest BCUT2D eigenvalue weighted by atomic mass is 15.3. The highest BCUT2D eigenvalue weighted by Crippen LogP contribution is 2.47. The van der Waals surface area contributed by atoms with Gasteiger partial charge in [-0.2, -0.15) is 10.5 Å². The van der Waals surface area contributed by atoms with Gasteiger partial charge in [0.2, 0.25) is 0 Å². The minimum absolute atomic E-state index is 0.363. The van der Waals surface area contributed by atoms with E-state index >= 15 is 0 Å². The molecule has 3 heteroatoms. The third kappa shape index (κ3) is 2.49. The highest BCUT2D eigenvalue weighted by molar-refractivity contribution is 5.20. The van der Waals surface area contributed by atoms with Gasteiger partial charge >= 0.3 is 0 Å². The molecule has 25 heavy (non-hydrogen) atoms. The first kappa shape index (κ1) is 16.6. The van der Waals surface area contributed by atoms with Crippen molar-refractivity contribution in [3.63, 3.8) is 0 Å². The van der Waals surface area contributed by atoms with E-state index in [1.807, 2.05) is 6.07 Å². The molecule has 3 nitrogen and oxygen atoms in total. The third-order valence-electron chi connectivity index (χ3n) is 7.41. The normalized spacial score (nSPS) is 40.2. The number of quaternary nitrogens is 1. The highest BCUT2D eigenvalue weighted by Gasteiger charge is 2.65. The van der Waals surface area contributed by atoms with E-state index in [2.05, 4.69) is 36.4 Å². The lowest BCUT2D eigenvalue weighted by atomic mass is 9.57. The number of nitriles is 2. The van der Waals surface area contributed by atoms with E-state index in [0.29, 0.717) is 11.8 Å². The van der Waals surface area contributed by atoms with Gasteiger partial charge in [0.1, 0.15) is 18.7 Å². The van der Waals surface area contributed by atoms with E-state index in [0.717, 1.165) is 38.6 Å². The van der Waals surface area contributed by atoms with Crippen molar-refractivity contribution in [2.24, 2.45) is 11.8 Å². The number of nitrogens with one attached hydrogen (secondary N) is 1. The Morgan fingerprint density at radius 3 is 1.96 bits per heavy atom. The Bertz CT molecular complexity index is 660. The molecule has 1 heterocycles. The van der Waals surface area contributed by atoms with Gasteiger partial charge in [0, 0.05) is 30.2 Å². The molecule has 1 aromatic carbocycles. The summed E-state index contributed by atoms with van der Waals surface area (Å²) in [5.41, 5.74) is 0.535. The van der Waals surface area contributed by atoms with E-state index in [-0.39, 0.29) is 11.1 Å². The number of likely N-dealkylation sites (tertiary alicyclic amines) is 1. The fraction of sp³-hybridized carbons (Fsp3) is 0.636. The number of hydrogen-bond acceptors (Lipinski definition) is 2. The molecule has 2 saturated carbocycles. The molecule has 0 radical (unpaired) electrons. The fourth-order valence-corrected chi connectivity index (χ4v) is 6.21.